The van der Waals surface area contributed by atoms with E-state index in [0.717, 1.165) is 15.8 Å². The lowest BCUT2D eigenvalue weighted by Gasteiger charge is -2.37. The van der Waals surface area contributed by atoms with Gasteiger partial charge in [-0.3, -0.25) is 24.1 Å². The fraction of sp³-hybridized carbons (Fsp3) is 0.364. The highest BCUT2D eigenvalue weighted by Gasteiger charge is 2.38. The summed E-state index contributed by atoms with van der Waals surface area (Å²) in [6.45, 7) is 12.1. The fourth-order valence-electron chi connectivity index (χ4n) is 5.13. The van der Waals surface area contributed by atoms with E-state index in [1.54, 1.807) is 36.8 Å². The van der Waals surface area contributed by atoms with E-state index in [1.165, 1.54) is 0 Å². The molecule has 1 atom stereocenters. The summed E-state index contributed by atoms with van der Waals surface area (Å²) in [6.07, 6.45) is 5.99. The summed E-state index contributed by atoms with van der Waals surface area (Å²) < 4.78 is 10.6. The molecule has 45 heavy (non-hydrogen) atoms. The Morgan fingerprint density at radius 3 is 2.33 bits per heavy atom. The van der Waals surface area contributed by atoms with Crippen LogP contribution in [0.3, 0.4) is 0 Å². The number of nitrogens with zero attached hydrogens (tertiary/aromatic N) is 4. The van der Waals surface area contributed by atoms with Crippen molar-refractivity contribution in [2.45, 2.75) is 64.3 Å². The van der Waals surface area contributed by atoms with E-state index in [2.05, 4.69) is 48.7 Å². The van der Waals surface area contributed by atoms with E-state index in [9.17, 15) is 19.2 Å². The normalized spacial score (nSPS) is 14.2. The molecule has 0 unspecified atom stereocenters. The van der Waals surface area contributed by atoms with E-state index < -0.39 is 14.2 Å². The van der Waals surface area contributed by atoms with Gasteiger partial charge in [0.2, 0.25) is 5.91 Å². The largest absolute Gasteiger partial charge is 0.415 e. The first kappa shape index (κ1) is 31.9. The second-order valence-electron chi connectivity index (χ2n) is 13.0. The van der Waals surface area contributed by atoms with Crippen LogP contribution in [0.4, 0.5) is 5.69 Å². The molecule has 4 amide bonds. The van der Waals surface area contributed by atoms with Gasteiger partial charge in [-0.1, -0.05) is 39.0 Å². The number of aryl methyl sites for hydroxylation is 1. The van der Waals surface area contributed by atoms with Gasteiger partial charge in [-0.15, -0.1) is 0 Å². The molecular weight excluding hydrogens is 588 g/mol. The summed E-state index contributed by atoms with van der Waals surface area (Å²) >= 11 is 0. The number of carbonyl (C=O) groups is 4. The monoisotopic (exact) mass is 628 g/mol. The molecule has 0 radical (unpaired) electrons. The molecule has 3 heterocycles. The molecule has 0 saturated heterocycles. The van der Waals surface area contributed by atoms with Crippen LogP contribution >= 0.6 is 0 Å². The average molecular weight is 629 g/mol. The number of nitrogens with one attached hydrogen (secondary N) is 1. The third-order valence-electron chi connectivity index (χ3n) is 8.92. The predicted octanol–water partition coefficient (Wildman–Crippen LogP) is 5.21. The zero-order valence-corrected chi connectivity index (χ0v) is 27.4. The number of amides is 4. The van der Waals surface area contributed by atoms with E-state index in [-0.39, 0.29) is 47.5 Å². The predicted molar refractivity (Wildman–Crippen MR) is 175 cm³/mol. The molecule has 0 spiro atoms. The van der Waals surface area contributed by atoms with Gasteiger partial charge in [-0.05, 0) is 60.3 Å². The van der Waals surface area contributed by atoms with Crippen molar-refractivity contribution < 1.29 is 23.6 Å². The highest BCUT2D eigenvalue weighted by atomic mass is 28.4. The third kappa shape index (κ3) is 6.76. The number of benzene rings is 2. The Balaban J connectivity index is 1.25. The molecule has 4 aromatic rings. The number of aromatic nitrogens is 3. The van der Waals surface area contributed by atoms with Crippen molar-refractivity contribution in [3.05, 3.63) is 84.1 Å². The van der Waals surface area contributed by atoms with Crippen LogP contribution in [0.5, 0.6) is 0 Å². The molecule has 1 aliphatic heterocycles. The first-order valence-electron chi connectivity index (χ1n) is 15.1. The number of primary amides is 1. The smallest absolute Gasteiger partial charge is 0.268 e. The summed E-state index contributed by atoms with van der Waals surface area (Å²) in [5.74, 6) is -1.63. The minimum Gasteiger partial charge on any atom is -0.415 e. The maximum absolute atomic E-state index is 12.8. The molecular formula is C33H40N6O5Si. The van der Waals surface area contributed by atoms with E-state index in [4.69, 9.17) is 10.2 Å². The van der Waals surface area contributed by atoms with Gasteiger partial charge in [-0.25, -0.2) is 4.98 Å². The van der Waals surface area contributed by atoms with Crippen LogP contribution < -0.4 is 11.1 Å². The van der Waals surface area contributed by atoms with Gasteiger partial charge in [-0.2, -0.15) is 0 Å². The van der Waals surface area contributed by atoms with Gasteiger partial charge < -0.3 is 24.6 Å². The number of hydrogen-bond donors (Lipinski definition) is 2. The maximum Gasteiger partial charge on any atom is 0.268 e. The molecule has 0 aliphatic carbocycles. The van der Waals surface area contributed by atoms with E-state index in [0.29, 0.717) is 36.4 Å². The number of nitrogens with two attached hydrogens (primary N) is 1. The van der Waals surface area contributed by atoms with Crippen LogP contribution in [0.25, 0.3) is 10.9 Å². The summed E-state index contributed by atoms with van der Waals surface area (Å²) in [5.41, 5.74) is 7.97. The van der Waals surface area contributed by atoms with Crippen LogP contribution in [0.15, 0.2) is 67.3 Å². The van der Waals surface area contributed by atoms with Crippen molar-refractivity contribution in [2.75, 3.05) is 18.5 Å². The number of rotatable bonds is 12. The standard InChI is InChI=1S/C33H40N6O5Si/c1-33(2,3)45(4,5)44-20-24(38-19-27(30(34)41)35-21-38)13-16-37-15-12-22-10-11-23(18-28(22)37)36-29(40)14-17-39-31(42)25-8-6-7-9-26(25)32(39)43/h6-12,15,18-19,21,24H,13-14,16-17,20H2,1-5H3,(H2,34,41)(H,36,40)/t24-/m1/s1. The highest BCUT2D eigenvalue weighted by molar-refractivity contribution is 6.74. The lowest BCUT2D eigenvalue weighted by Crippen LogP contribution is -2.42. The third-order valence-corrected chi connectivity index (χ3v) is 13.4. The minimum atomic E-state index is -2.03. The summed E-state index contributed by atoms with van der Waals surface area (Å²) in [7, 11) is -2.03. The average Bonchev–Trinajstić information content (AvgIpc) is 3.69. The van der Waals surface area contributed by atoms with E-state index >= 15 is 0 Å². The second kappa shape index (κ2) is 12.4. The number of fused-ring (bicyclic) bond motifs is 2. The molecule has 2 aromatic heterocycles. The maximum atomic E-state index is 12.8. The van der Waals surface area contributed by atoms with Crippen molar-refractivity contribution in [1.82, 2.24) is 19.0 Å². The van der Waals surface area contributed by atoms with Crippen LogP contribution in [0.2, 0.25) is 18.1 Å². The Morgan fingerprint density at radius 1 is 1.02 bits per heavy atom. The van der Waals surface area contributed by atoms with Crippen LogP contribution in [-0.2, 0) is 15.8 Å². The van der Waals surface area contributed by atoms with Crippen molar-refractivity contribution >= 4 is 48.5 Å². The lowest BCUT2D eigenvalue weighted by molar-refractivity contribution is -0.116. The molecule has 0 fully saturated rings. The lowest BCUT2D eigenvalue weighted by atomic mass is 10.1. The Hall–Kier alpha value is -4.55. The molecule has 5 rings (SSSR count). The van der Waals surface area contributed by atoms with Crippen molar-refractivity contribution in [3.8, 4) is 0 Å². The Bertz CT molecular complexity index is 1730. The number of imidazole rings is 1. The molecule has 12 heteroatoms. The summed E-state index contributed by atoms with van der Waals surface area (Å²) in [5, 5.41) is 3.98. The molecule has 1 aliphatic rings. The van der Waals surface area contributed by atoms with Gasteiger partial charge >= 0.3 is 0 Å². The molecule has 11 nitrogen and oxygen atoms in total. The number of anilines is 1. The first-order valence-corrected chi connectivity index (χ1v) is 18.0. The van der Waals surface area contributed by atoms with Crippen LogP contribution in [0, 0.1) is 0 Å². The Morgan fingerprint density at radius 2 is 1.71 bits per heavy atom. The zero-order valence-electron chi connectivity index (χ0n) is 26.4. The number of carbonyl (C=O) groups excluding carboxylic acids is 4. The minimum absolute atomic E-state index is 0.000848. The SMILES string of the molecule is CC(C)(C)[Si](C)(C)OC[C@@H](CCn1ccc2ccc(NC(=O)CCN3C(=O)c4ccccc4C3=O)cc21)n1cnc(C(N)=O)c1. The Labute approximate surface area is 263 Å². The molecule has 236 valence electrons. The molecule has 2 aromatic carbocycles. The van der Waals surface area contributed by atoms with Crippen molar-refractivity contribution in [3.63, 3.8) is 0 Å². The fourth-order valence-corrected chi connectivity index (χ4v) is 6.17. The molecule has 0 saturated carbocycles. The van der Waals surface area contributed by atoms with Gasteiger partial charge in [0.1, 0.15) is 5.69 Å². The Kier molecular flexibility index (Phi) is 8.81. The van der Waals surface area contributed by atoms with Gasteiger partial charge in [0.05, 0.1) is 35.6 Å². The number of imide groups is 1. The van der Waals surface area contributed by atoms with Gasteiger partial charge in [0.15, 0.2) is 8.32 Å². The van der Waals surface area contributed by atoms with Crippen molar-refractivity contribution in [2.24, 2.45) is 5.73 Å². The summed E-state index contributed by atoms with van der Waals surface area (Å²) in [4.78, 5) is 55.1. The molecule has 3 N–H and O–H groups in total. The van der Waals surface area contributed by atoms with Crippen LogP contribution in [-0.4, -0.2) is 64.1 Å². The number of hydrogen-bond acceptors (Lipinski definition) is 6. The first-order chi connectivity index (χ1) is 21.2. The highest BCUT2D eigenvalue weighted by Crippen LogP contribution is 2.37. The summed E-state index contributed by atoms with van der Waals surface area (Å²) in [6, 6.07) is 14.3. The van der Waals surface area contributed by atoms with Crippen molar-refractivity contribution in [1.29, 1.82) is 0 Å². The van der Waals surface area contributed by atoms with Crippen LogP contribution in [0.1, 0.15) is 70.9 Å². The van der Waals surface area contributed by atoms with Gasteiger partial charge in [0, 0.05) is 37.6 Å². The molecule has 0 bridgehead atoms. The quantitative estimate of drug-likeness (QED) is 0.163. The topological polar surface area (TPSA) is 142 Å². The second-order valence-corrected chi connectivity index (χ2v) is 17.8. The zero-order chi connectivity index (χ0) is 32.5. The van der Waals surface area contributed by atoms with E-state index in [1.807, 2.05) is 35.0 Å². The van der Waals surface area contributed by atoms with Gasteiger partial charge in [0.25, 0.3) is 17.7 Å².